The number of alkyl halides is 3. The third-order valence-electron chi connectivity index (χ3n) is 4.99. The smallest absolute Gasteiger partial charge is 0.390 e. The van der Waals surface area contributed by atoms with E-state index in [0.717, 1.165) is 12.5 Å². The van der Waals surface area contributed by atoms with Gasteiger partial charge in [-0.3, -0.25) is 9.69 Å². The molecular weight excluding hydrogens is 418 g/mol. The standard InChI is InChI=1S/C18H24F3N3O2.2ClH/c19-18(20,21)15-4-1-2-5-16(15)23-10-8-22(9-11-23)12-14(25)13-24-7-3-6-17(24)26;;/h1-2,4-5,14,25H,3,6-13H2;2*1H. The molecule has 2 aliphatic rings. The molecule has 3 rings (SSSR count). The van der Waals surface area contributed by atoms with E-state index >= 15 is 0 Å². The zero-order valence-corrected chi connectivity index (χ0v) is 17.0. The third-order valence-corrected chi connectivity index (χ3v) is 4.99. The number of carbonyl (C=O) groups excluding carboxylic acids is 1. The molecule has 5 nitrogen and oxygen atoms in total. The van der Waals surface area contributed by atoms with Crippen LogP contribution in [0.15, 0.2) is 24.3 Å². The maximum absolute atomic E-state index is 13.2. The summed E-state index contributed by atoms with van der Waals surface area (Å²) in [5.74, 6) is 0.0811. The van der Waals surface area contributed by atoms with Crippen LogP contribution in [0.2, 0.25) is 0 Å². The molecule has 0 bridgehead atoms. The summed E-state index contributed by atoms with van der Waals surface area (Å²) < 4.78 is 39.5. The number of aliphatic hydroxyl groups is 1. The van der Waals surface area contributed by atoms with E-state index in [9.17, 15) is 23.1 Å². The topological polar surface area (TPSA) is 47.0 Å². The number of anilines is 1. The molecule has 1 N–H and O–H groups in total. The molecule has 0 radical (unpaired) electrons. The number of carbonyl (C=O) groups is 1. The molecular formula is C18H26Cl2F3N3O2. The number of aliphatic hydroxyl groups excluding tert-OH is 1. The number of para-hydroxylation sites is 1. The minimum Gasteiger partial charge on any atom is -0.390 e. The van der Waals surface area contributed by atoms with Gasteiger partial charge in [0, 0.05) is 57.9 Å². The minimum atomic E-state index is -4.37. The van der Waals surface area contributed by atoms with Crippen LogP contribution >= 0.6 is 24.8 Å². The van der Waals surface area contributed by atoms with E-state index in [0.29, 0.717) is 52.2 Å². The maximum atomic E-state index is 13.2. The van der Waals surface area contributed by atoms with Crippen LogP contribution in [0.25, 0.3) is 0 Å². The number of halogens is 5. The second-order valence-corrected chi connectivity index (χ2v) is 6.90. The van der Waals surface area contributed by atoms with Gasteiger partial charge in [0.05, 0.1) is 11.7 Å². The van der Waals surface area contributed by atoms with Crippen LogP contribution in [0, 0.1) is 0 Å². The lowest BCUT2D eigenvalue weighted by Gasteiger charge is -2.38. The number of piperazine rings is 1. The molecule has 1 unspecified atom stereocenters. The summed E-state index contributed by atoms with van der Waals surface area (Å²) in [6.45, 7) is 3.56. The van der Waals surface area contributed by atoms with Gasteiger partial charge in [-0.1, -0.05) is 12.1 Å². The average Bonchev–Trinajstić information content (AvgIpc) is 2.99. The lowest BCUT2D eigenvalue weighted by molar-refractivity contribution is -0.137. The lowest BCUT2D eigenvalue weighted by atomic mass is 10.1. The van der Waals surface area contributed by atoms with Crippen LogP contribution in [0.4, 0.5) is 18.9 Å². The van der Waals surface area contributed by atoms with Crippen molar-refractivity contribution in [2.45, 2.75) is 25.1 Å². The fourth-order valence-corrected chi connectivity index (χ4v) is 3.67. The normalized spacial score (nSPS) is 19.2. The van der Waals surface area contributed by atoms with Gasteiger partial charge < -0.3 is 14.9 Å². The van der Waals surface area contributed by atoms with Gasteiger partial charge in [-0.2, -0.15) is 13.2 Å². The Hall–Kier alpha value is -1.22. The van der Waals surface area contributed by atoms with Gasteiger partial charge in [-0.25, -0.2) is 0 Å². The Kier molecular flexibility index (Phi) is 9.33. The quantitative estimate of drug-likeness (QED) is 0.759. The van der Waals surface area contributed by atoms with Crippen molar-refractivity contribution in [3.8, 4) is 0 Å². The number of amides is 1. The molecule has 0 spiro atoms. The Bertz CT molecular complexity index is 641. The van der Waals surface area contributed by atoms with E-state index in [1.165, 1.54) is 12.1 Å². The monoisotopic (exact) mass is 443 g/mol. The zero-order chi connectivity index (χ0) is 18.7. The maximum Gasteiger partial charge on any atom is 0.418 e. The van der Waals surface area contributed by atoms with Crippen LogP contribution in [0.5, 0.6) is 0 Å². The first-order valence-electron chi connectivity index (χ1n) is 8.94. The summed E-state index contributed by atoms with van der Waals surface area (Å²) in [5, 5.41) is 10.2. The molecule has 2 aliphatic heterocycles. The van der Waals surface area contributed by atoms with Crippen molar-refractivity contribution in [2.75, 3.05) is 50.7 Å². The van der Waals surface area contributed by atoms with Crippen molar-refractivity contribution < 1.29 is 23.1 Å². The van der Waals surface area contributed by atoms with Gasteiger partial charge in [0.1, 0.15) is 0 Å². The summed E-state index contributed by atoms with van der Waals surface area (Å²) in [6.07, 6.45) is -3.62. The summed E-state index contributed by atoms with van der Waals surface area (Å²) in [4.78, 5) is 17.1. The van der Waals surface area contributed by atoms with E-state index in [-0.39, 0.29) is 36.4 Å². The zero-order valence-electron chi connectivity index (χ0n) is 15.4. The van der Waals surface area contributed by atoms with Gasteiger partial charge in [-0.05, 0) is 18.6 Å². The molecule has 0 saturated carbocycles. The molecule has 0 aromatic heterocycles. The SMILES string of the molecule is Cl.Cl.O=C1CCCN1CC(O)CN1CCN(c2ccccc2C(F)(F)F)CC1. The number of rotatable bonds is 5. The van der Waals surface area contributed by atoms with Gasteiger partial charge in [0.25, 0.3) is 0 Å². The highest BCUT2D eigenvalue weighted by atomic mass is 35.5. The highest BCUT2D eigenvalue weighted by Gasteiger charge is 2.35. The summed E-state index contributed by atoms with van der Waals surface area (Å²) in [7, 11) is 0. The molecule has 160 valence electrons. The molecule has 28 heavy (non-hydrogen) atoms. The number of hydrogen-bond acceptors (Lipinski definition) is 4. The van der Waals surface area contributed by atoms with Gasteiger partial charge >= 0.3 is 6.18 Å². The molecule has 2 saturated heterocycles. The number of β-amino-alcohol motifs (C(OH)–C–C–N with tert-alkyl or cyclic N) is 1. The Labute approximate surface area is 175 Å². The first-order valence-corrected chi connectivity index (χ1v) is 8.94. The van der Waals surface area contributed by atoms with Gasteiger partial charge in [0.15, 0.2) is 0 Å². The third kappa shape index (κ3) is 6.14. The number of likely N-dealkylation sites (tertiary alicyclic amines) is 1. The molecule has 1 amide bonds. The van der Waals surface area contributed by atoms with Crippen LogP contribution in [0.1, 0.15) is 18.4 Å². The van der Waals surface area contributed by atoms with Crippen molar-refractivity contribution in [1.29, 1.82) is 0 Å². The second-order valence-electron chi connectivity index (χ2n) is 6.90. The lowest BCUT2D eigenvalue weighted by Crippen LogP contribution is -2.50. The Morgan fingerprint density at radius 2 is 1.64 bits per heavy atom. The Morgan fingerprint density at radius 1 is 1.00 bits per heavy atom. The van der Waals surface area contributed by atoms with Crippen LogP contribution in [-0.2, 0) is 11.0 Å². The fraction of sp³-hybridized carbons (Fsp3) is 0.611. The van der Waals surface area contributed by atoms with E-state index in [4.69, 9.17) is 0 Å². The van der Waals surface area contributed by atoms with E-state index < -0.39 is 17.8 Å². The van der Waals surface area contributed by atoms with Crippen LogP contribution < -0.4 is 4.90 Å². The van der Waals surface area contributed by atoms with Crippen molar-refractivity contribution in [2.24, 2.45) is 0 Å². The van der Waals surface area contributed by atoms with E-state index in [1.807, 2.05) is 4.90 Å². The second kappa shape index (κ2) is 10.5. The summed E-state index contributed by atoms with van der Waals surface area (Å²) in [6, 6.07) is 5.64. The fourth-order valence-electron chi connectivity index (χ4n) is 3.67. The molecule has 1 atom stereocenters. The molecule has 1 aromatic carbocycles. The molecule has 10 heteroatoms. The average molecular weight is 444 g/mol. The predicted molar refractivity (Wildman–Crippen MR) is 106 cm³/mol. The first kappa shape index (κ1) is 24.8. The molecule has 2 heterocycles. The highest BCUT2D eigenvalue weighted by molar-refractivity contribution is 5.85. The highest BCUT2D eigenvalue weighted by Crippen LogP contribution is 2.36. The molecule has 0 aliphatic carbocycles. The summed E-state index contributed by atoms with van der Waals surface area (Å²) >= 11 is 0. The van der Waals surface area contributed by atoms with Gasteiger partial charge in [0.2, 0.25) is 5.91 Å². The van der Waals surface area contributed by atoms with Crippen molar-refractivity contribution in [1.82, 2.24) is 9.80 Å². The van der Waals surface area contributed by atoms with Crippen molar-refractivity contribution in [3.63, 3.8) is 0 Å². The summed E-state index contributed by atoms with van der Waals surface area (Å²) in [5.41, 5.74) is -0.399. The number of benzene rings is 1. The van der Waals surface area contributed by atoms with E-state index in [2.05, 4.69) is 0 Å². The molecule has 2 fully saturated rings. The predicted octanol–water partition coefficient (Wildman–Crippen LogP) is 2.65. The van der Waals surface area contributed by atoms with E-state index in [1.54, 1.807) is 15.9 Å². The number of hydrogen-bond donors (Lipinski definition) is 1. The Balaban J connectivity index is 0.00000196. The first-order chi connectivity index (χ1) is 12.3. The van der Waals surface area contributed by atoms with Crippen molar-refractivity contribution >= 4 is 36.4 Å². The van der Waals surface area contributed by atoms with Crippen LogP contribution in [-0.4, -0.2) is 72.7 Å². The van der Waals surface area contributed by atoms with Gasteiger partial charge in [-0.15, -0.1) is 24.8 Å². The van der Waals surface area contributed by atoms with Crippen LogP contribution in [0.3, 0.4) is 0 Å². The Morgan fingerprint density at radius 3 is 2.21 bits per heavy atom. The minimum absolute atomic E-state index is 0. The number of nitrogens with zero attached hydrogens (tertiary/aromatic N) is 3. The molecule has 1 aromatic rings. The van der Waals surface area contributed by atoms with Crippen molar-refractivity contribution in [3.05, 3.63) is 29.8 Å². The largest absolute Gasteiger partial charge is 0.418 e.